The van der Waals surface area contributed by atoms with E-state index < -0.39 is 0 Å². The third kappa shape index (κ3) is 4.20. The molecule has 0 spiro atoms. The lowest BCUT2D eigenvalue weighted by Crippen LogP contribution is -2.26. The van der Waals surface area contributed by atoms with Crippen molar-refractivity contribution < 1.29 is 9.59 Å². The maximum Gasteiger partial charge on any atom is 0.274 e. The average molecular weight is 359 g/mol. The molecule has 27 heavy (non-hydrogen) atoms. The molecule has 0 fully saturated rings. The Labute approximate surface area is 158 Å². The van der Waals surface area contributed by atoms with Crippen LogP contribution >= 0.6 is 0 Å². The highest BCUT2D eigenvalue weighted by Gasteiger charge is 2.16. The molecule has 2 amide bonds. The van der Waals surface area contributed by atoms with Gasteiger partial charge in [0.15, 0.2) is 0 Å². The number of rotatable bonds is 4. The zero-order valence-electron chi connectivity index (χ0n) is 15.6. The van der Waals surface area contributed by atoms with Crippen LogP contribution in [0.2, 0.25) is 0 Å². The molecule has 0 saturated carbocycles. The molecule has 0 aliphatic rings. The van der Waals surface area contributed by atoms with Gasteiger partial charge in [0.2, 0.25) is 0 Å². The summed E-state index contributed by atoms with van der Waals surface area (Å²) in [7, 11) is 1.70. The molecule has 1 N–H and O–H groups in total. The SMILES string of the molecule is Cc1ccc(NC(=O)c2cc(C(=O)N(C)c3ccccc3)ccn2)cc1C. The Morgan fingerprint density at radius 1 is 0.926 bits per heavy atom. The van der Waals surface area contributed by atoms with Crippen molar-refractivity contribution in [3.8, 4) is 0 Å². The molecule has 3 rings (SSSR count). The second kappa shape index (κ2) is 7.83. The first-order valence-corrected chi connectivity index (χ1v) is 8.63. The van der Waals surface area contributed by atoms with Crippen LogP contribution in [0.25, 0.3) is 0 Å². The number of pyridine rings is 1. The molecule has 2 aromatic carbocycles. The van der Waals surface area contributed by atoms with Crippen LogP contribution in [0.15, 0.2) is 66.9 Å². The smallest absolute Gasteiger partial charge is 0.274 e. The van der Waals surface area contributed by atoms with Crippen molar-refractivity contribution in [1.29, 1.82) is 0 Å². The van der Waals surface area contributed by atoms with E-state index in [1.165, 1.54) is 12.3 Å². The van der Waals surface area contributed by atoms with Crippen molar-refractivity contribution in [2.75, 3.05) is 17.3 Å². The summed E-state index contributed by atoms with van der Waals surface area (Å²) >= 11 is 0. The zero-order chi connectivity index (χ0) is 19.4. The molecule has 0 bridgehead atoms. The number of anilines is 2. The molecule has 0 saturated heterocycles. The molecule has 0 aliphatic carbocycles. The Balaban J connectivity index is 1.79. The summed E-state index contributed by atoms with van der Waals surface area (Å²) in [5.41, 5.74) is 4.32. The van der Waals surface area contributed by atoms with E-state index in [1.54, 1.807) is 18.0 Å². The molecule has 0 radical (unpaired) electrons. The number of hydrogen-bond donors (Lipinski definition) is 1. The molecule has 0 unspecified atom stereocenters. The van der Waals surface area contributed by atoms with Crippen LogP contribution in [0, 0.1) is 13.8 Å². The molecular formula is C22H21N3O2. The quantitative estimate of drug-likeness (QED) is 0.758. The highest BCUT2D eigenvalue weighted by atomic mass is 16.2. The lowest BCUT2D eigenvalue weighted by atomic mass is 10.1. The predicted molar refractivity (Wildman–Crippen MR) is 107 cm³/mol. The number of nitrogens with zero attached hydrogens (tertiary/aromatic N) is 2. The highest BCUT2D eigenvalue weighted by molar-refractivity contribution is 6.08. The van der Waals surface area contributed by atoms with Crippen LogP contribution in [0.3, 0.4) is 0 Å². The van der Waals surface area contributed by atoms with Gasteiger partial charge < -0.3 is 10.2 Å². The first-order valence-electron chi connectivity index (χ1n) is 8.63. The van der Waals surface area contributed by atoms with Crippen molar-refractivity contribution in [1.82, 2.24) is 4.98 Å². The van der Waals surface area contributed by atoms with Crippen LogP contribution in [-0.2, 0) is 0 Å². The van der Waals surface area contributed by atoms with Crippen LogP contribution in [0.1, 0.15) is 32.0 Å². The van der Waals surface area contributed by atoms with Crippen LogP contribution in [-0.4, -0.2) is 23.8 Å². The molecule has 0 aliphatic heterocycles. The summed E-state index contributed by atoms with van der Waals surface area (Å²) in [6.07, 6.45) is 1.47. The lowest BCUT2D eigenvalue weighted by Gasteiger charge is -2.17. The molecule has 5 nitrogen and oxygen atoms in total. The summed E-state index contributed by atoms with van der Waals surface area (Å²) in [6.45, 7) is 4.00. The average Bonchev–Trinajstić information content (AvgIpc) is 2.70. The largest absolute Gasteiger partial charge is 0.321 e. The van der Waals surface area contributed by atoms with Crippen LogP contribution in [0.5, 0.6) is 0 Å². The maximum atomic E-state index is 12.7. The molecular weight excluding hydrogens is 338 g/mol. The molecule has 1 aromatic heterocycles. The van der Waals surface area contributed by atoms with Crippen molar-refractivity contribution in [2.45, 2.75) is 13.8 Å². The first kappa shape index (κ1) is 18.3. The molecule has 0 atom stereocenters. The Morgan fingerprint density at radius 2 is 1.67 bits per heavy atom. The first-order chi connectivity index (χ1) is 13.0. The van der Waals surface area contributed by atoms with Gasteiger partial charge in [0.05, 0.1) is 0 Å². The van der Waals surface area contributed by atoms with Gasteiger partial charge in [-0.15, -0.1) is 0 Å². The lowest BCUT2D eigenvalue weighted by molar-refractivity contribution is 0.0993. The number of nitrogens with one attached hydrogen (secondary N) is 1. The zero-order valence-corrected chi connectivity index (χ0v) is 15.6. The summed E-state index contributed by atoms with van der Waals surface area (Å²) in [5, 5.41) is 2.83. The third-order valence-electron chi connectivity index (χ3n) is 4.45. The second-order valence-electron chi connectivity index (χ2n) is 6.38. The number of para-hydroxylation sites is 1. The molecule has 136 valence electrons. The number of aryl methyl sites for hydroxylation is 2. The van der Waals surface area contributed by atoms with E-state index in [-0.39, 0.29) is 17.5 Å². The molecule has 3 aromatic rings. The summed E-state index contributed by atoms with van der Waals surface area (Å²) in [5.74, 6) is -0.556. The number of aromatic nitrogens is 1. The summed E-state index contributed by atoms with van der Waals surface area (Å²) in [4.78, 5) is 30.9. The Bertz CT molecular complexity index is 984. The fourth-order valence-electron chi connectivity index (χ4n) is 2.66. The fourth-order valence-corrected chi connectivity index (χ4v) is 2.66. The van der Waals surface area contributed by atoms with Gasteiger partial charge in [0.1, 0.15) is 5.69 Å². The number of benzene rings is 2. The third-order valence-corrected chi connectivity index (χ3v) is 4.45. The van der Waals surface area contributed by atoms with Crippen molar-refractivity contribution in [2.24, 2.45) is 0 Å². The highest BCUT2D eigenvalue weighted by Crippen LogP contribution is 2.17. The molecule has 1 heterocycles. The van der Waals surface area contributed by atoms with E-state index in [0.29, 0.717) is 11.3 Å². The molecule has 5 heteroatoms. The van der Waals surface area contributed by atoms with E-state index in [4.69, 9.17) is 0 Å². The van der Waals surface area contributed by atoms with Gasteiger partial charge in [-0.1, -0.05) is 24.3 Å². The standard InChI is InChI=1S/C22H21N3O2/c1-15-9-10-18(13-16(15)2)24-21(26)20-14-17(11-12-23-20)22(27)25(3)19-7-5-4-6-8-19/h4-14H,1-3H3,(H,24,26). The number of carbonyl (C=O) groups excluding carboxylic acids is 2. The van der Waals surface area contributed by atoms with Gasteiger partial charge in [0.25, 0.3) is 11.8 Å². The van der Waals surface area contributed by atoms with E-state index in [1.807, 2.05) is 62.4 Å². The van der Waals surface area contributed by atoms with Crippen molar-refractivity contribution in [3.63, 3.8) is 0 Å². The van der Waals surface area contributed by atoms with Gasteiger partial charge in [0, 0.05) is 30.2 Å². The number of carbonyl (C=O) groups is 2. The van der Waals surface area contributed by atoms with E-state index in [0.717, 1.165) is 16.8 Å². The van der Waals surface area contributed by atoms with E-state index >= 15 is 0 Å². The van der Waals surface area contributed by atoms with E-state index in [9.17, 15) is 9.59 Å². The number of hydrogen-bond acceptors (Lipinski definition) is 3. The van der Waals surface area contributed by atoms with Gasteiger partial charge in [-0.2, -0.15) is 0 Å². The minimum Gasteiger partial charge on any atom is -0.321 e. The van der Waals surface area contributed by atoms with Gasteiger partial charge in [-0.25, -0.2) is 0 Å². The van der Waals surface area contributed by atoms with E-state index in [2.05, 4.69) is 10.3 Å². The monoisotopic (exact) mass is 359 g/mol. The van der Waals surface area contributed by atoms with Crippen LogP contribution < -0.4 is 10.2 Å². The number of amides is 2. The summed E-state index contributed by atoms with van der Waals surface area (Å²) in [6, 6.07) is 18.2. The summed E-state index contributed by atoms with van der Waals surface area (Å²) < 4.78 is 0. The predicted octanol–water partition coefficient (Wildman–Crippen LogP) is 4.23. The normalized spacial score (nSPS) is 10.3. The Kier molecular flexibility index (Phi) is 5.31. The maximum absolute atomic E-state index is 12.7. The second-order valence-corrected chi connectivity index (χ2v) is 6.38. The Hall–Kier alpha value is -3.47. The van der Waals surface area contributed by atoms with Crippen LogP contribution in [0.4, 0.5) is 11.4 Å². The minimum absolute atomic E-state index is 0.195. The topological polar surface area (TPSA) is 62.3 Å². The minimum atomic E-state index is -0.352. The van der Waals surface area contributed by atoms with Gasteiger partial charge in [-0.3, -0.25) is 14.6 Å². The van der Waals surface area contributed by atoms with Gasteiger partial charge >= 0.3 is 0 Å². The van der Waals surface area contributed by atoms with Gasteiger partial charge in [-0.05, 0) is 61.4 Å². The fraction of sp³-hybridized carbons (Fsp3) is 0.136. The van der Waals surface area contributed by atoms with Crippen molar-refractivity contribution in [3.05, 3.63) is 89.2 Å². The Morgan fingerprint density at radius 3 is 2.37 bits per heavy atom. The van der Waals surface area contributed by atoms with Crippen molar-refractivity contribution >= 4 is 23.2 Å².